The van der Waals surface area contributed by atoms with E-state index in [0.29, 0.717) is 45.4 Å². The molecule has 0 unspecified atom stereocenters. The number of phenolic OH excluding ortho intramolecular Hbond substituents is 1. The summed E-state index contributed by atoms with van der Waals surface area (Å²) in [6.45, 7) is 4.88. The Morgan fingerprint density at radius 3 is 2.37 bits per heavy atom. The van der Waals surface area contributed by atoms with Gasteiger partial charge in [-0.25, -0.2) is 0 Å². The molecule has 0 fully saturated rings. The van der Waals surface area contributed by atoms with Crippen LogP contribution in [0.25, 0.3) is 0 Å². The third-order valence-corrected chi connectivity index (χ3v) is 4.11. The normalized spacial score (nSPS) is 12.9. The number of nitrogens with zero attached hydrogens (tertiary/aromatic N) is 1. The van der Waals surface area contributed by atoms with Gasteiger partial charge in [-0.1, -0.05) is 6.07 Å². The standard InChI is InChI=1S/C16H23NO5S.C2H4O2/c1-19-6-7-20-8-9-21-10-11-22-14-4-2-3-13(15(14)18)16-17-5-12-23-16;1-2(3)4/h2-4,18H,5-12H2,1H3;1H3,(H,3,4). The number of aromatic hydroxyl groups is 1. The van der Waals surface area contributed by atoms with Crippen LogP contribution in [0.2, 0.25) is 0 Å². The Kier molecular flexibility index (Phi) is 12.3. The molecule has 2 rings (SSSR count). The molecule has 1 aromatic rings. The van der Waals surface area contributed by atoms with Gasteiger partial charge >= 0.3 is 0 Å². The van der Waals surface area contributed by atoms with Gasteiger partial charge in [0.2, 0.25) is 0 Å². The van der Waals surface area contributed by atoms with Gasteiger partial charge in [-0.05, 0) is 12.1 Å². The van der Waals surface area contributed by atoms with Crippen molar-refractivity contribution in [2.24, 2.45) is 4.99 Å². The predicted octanol–water partition coefficient (Wildman–Crippen LogP) is 2.03. The first kappa shape index (κ1) is 23.2. The number of benzene rings is 1. The molecule has 9 heteroatoms. The number of carbonyl (C=O) groups is 1. The molecular weight excluding hydrogens is 374 g/mol. The summed E-state index contributed by atoms with van der Waals surface area (Å²) in [5, 5.41) is 18.6. The van der Waals surface area contributed by atoms with Gasteiger partial charge in [-0.3, -0.25) is 9.79 Å². The number of aliphatic imine (C=N–C) groups is 1. The maximum absolute atomic E-state index is 10.3. The Morgan fingerprint density at radius 1 is 1.15 bits per heavy atom. The van der Waals surface area contributed by atoms with Crippen LogP contribution in [-0.2, 0) is 19.0 Å². The van der Waals surface area contributed by atoms with Crippen molar-refractivity contribution in [3.05, 3.63) is 23.8 Å². The summed E-state index contributed by atoms with van der Waals surface area (Å²) >= 11 is 1.65. The van der Waals surface area contributed by atoms with Crippen LogP contribution in [0.1, 0.15) is 12.5 Å². The van der Waals surface area contributed by atoms with Crippen LogP contribution >= 0.6 is 11.8 Å². The third kappa shape index (κ3) is 10.2. The highest BCUT2D eigenvalue weighted by Gasteiger charge is 2.16. The van der Waals surface area contributed by atoms with Crippen molar-refractivity contribution in [1.29, 1.82) is 0 Å². The number of aliphatic carboxylic acids is 1. The van der Waals surface area contributed by atoms with E-state index in [0.717, 1.165) is 29.8 Å². The molecule has 0 saturated carbocycles. The first-order valence-corrected chi connectivity index (χ1v) is 9.51. The molecule has 0 radical (unpaired) electrons. The number of hydrogen-bond donors (Lipinski definition) is 2. The minimum absolute atomic E-state index is 0.142. The number of ether oxygens (including phenoxy) is 4. The first-order valence-electron chi connectivity index (χ1n) is 8.52. The summed E-state index contributed by atoms with van der Waals surface area (Å²) < 4.78 is 21.1. The van der Waals surface area contributed by atoms with E-state index in [4.69, 9.17) is 28.8 Å². The minimum atomic E-state index is -0.833. The van der Waals surface area contributed by atoms with Crippen LogP contribution in [0.3, 0.4) is 0 Å². The molecule has 0 atom stereocenters. The van der Waals surface area contributed by atoms with Crippen LogP contribution in [0.5, 0.6) is 11.5 Å². The first-order chi connectivity index (χ1) is 13.1. The van der Waals surface area contributed by atoms with Crippen molar-refractivity contribution in [1.82, 2.24) is 0 Å². The van der Waals surface area contributed by atoms with Gasteiger partial charge in [0.05, 0.1) is 38.6 Å². The average Bonchev–Trinajstić information content (AvgIpc) is 3.15. The molecule has 0 amide bonds. The summed E-state index contributed by atoms with van der Waals surface area (Å²) in [6.07, 6.45) is 0. The highest BCUT2D eigenvalue weighted by molar-refractivity contribution is 8.14. The summed E-state index contributed by atoms with van der Waals surface area (Å²) in [5.41, 5.74) is 0.734. The number of para-hydroxylation sites is 1. The van der Waals surface area contributed by atoms with Crippen molar-refractivity contribution >= 4 is 22.8 Å². The molecule has 0 bridgehead atoms. The Bertz CT molecular complexity index is 591. The number of hydrogen-bond acceptors (Lipinski definition) is 8. The Morgan fingerprint density at radius 2 is 1.78 bits per heavy atom. The largest absolute Gasteiger partial charge is 0.504 e. The SMILES string of the molecule is CC(=O)O.COCCOCCOCCOc1cccc(C2=NCCS2)c1O. The fourth-order valence-electron chi connectivity index (χ4n) is 1.98. The lowest BCUT2D eigenvalue weighted by Gasteiger charge is -2.11. The highest BCUT2D eigenvalue weighted by Crippen LogP contribution is 2.33. The lowest BCUT2D eigenvalue weighted by molar-refractivity contribution is -0.134. The van der Waals surface area contributed by atoms with Crippen LogP contribution in [0.4, 0.5) is 0 Å². The van der Waals surface area contributed by atoms with Gasteiger partial charge in [0.15, 0.2) is 11.5 Å². The van der Waals surface area contributed by atoms with Gasteiger partial charge in [0.1, 0.15) is 11.7 Å². The predicted molar refractivity (Wildman–Crippen MR) is 104 cm³/mol. The monoisotopic (exact) mass is 401 g/mol. The molecule has 0 aromatic heterocycles. The van der Waals surface area contributed by atoms with Crippen molar-refractivity contribution in [3.63, 3.8) is 0 Å². The van der Waals surface area contributed by atoms with Crippen molar-refractivity contribution in [2.75, 3.05) is 59.0 Å². The van der Waals surface area contributed by atoms with E-state index in [1.54, 1.807) is 24.9 Å². The van der Waals surface area contributed by atoms with Gasteiger partial charge in [-0.2, -0.15) is 0 Å². The molecule has 0 saturated heterocycles. The smallest absolute Gasteiger partial charge is 0.300 e. The van der Waals surface area contributed by atoms with E-state index in [1.807, 2.05) is 12.1 Å². The summed E-state index contributed by atoms with van der Waals surface area (Å²) in [5.74, 6) is 0.723. The van der Waals surface area contributed by atoms with E-state index in [9.17, 15) is 5.11 Å². The Hall–Kier alpha value is -1.81. The average molecular weight is 401 g/mol. The zero-order valence-electron chi connectivity index (χ0n) is 15.7. The van der Waals surface area contributed by atoms with Crippen molar-refractivity contribution in [2.45, 2.75) is 6.92 Å². The second-order valence-corrected chi connectivity index (χ2v) is 6.36. The molecule has 0 aliphatic carbocycles. The molecule has 152 valence electrons. The topological polar surface area (TPSA) is 107 Å². The van der Waals surface area contributed by atoms with E-state index < -0.39 is 5.97 Å². The Balaban J connectivity index is 0.000000828. The van der Waals surface area contributed by atoms with Crippen LogP contribution in [-0.4, -0.2) is 80.3 Å². The second kappa shape index (κ2) is 14.3. The number of thioether (sulfide) groups is 1. The fourth-order valence-corrected chi connectivity index (χ4v) is 2.86. The van der Waals surface area contributed by atoms with Gasteiger partial charge < -0.3 is 29.2 Å². The minimum Gasteiger partial charge on any atom is -0.504 e. The van der Waals surface area contributed by atoms with Crippen molar-refractivity contribution < 1.29 is 34.0 Å². The number of methoxy groups -OCH3 is 1. The van der Waals surface area contributed by atoms with E-state index >= 15 is 0 Å². The van der Waals surface area contributed by atoms with Gasteiger partial charge in [0, 0.05) is 26.3 Å². The molecule has 8 nitrogen and oxygen atoms in total. The van der Waals surface area contributed by atoms with Crippen molar-refractivity contribution in [3.8, 4) is 11.5 Å². The fraction of sp³-hybridized carbons (Fsp3) is 0.556. The Labute approximate surface area is 163 Å². The lowest BCUT2D eigenvalue weighted by atomic mass is 10.2. The van der Waals surface area contributed by atoms with Crippen LogP contribution < -0.4 is 4.74 Å². The molecule has 2 N–H and O–H groups in total. The molecule has 27 heavy (non-hydrogen) atoms. The summed E-state index contributed by atoms with van der Waals surface area (Å²) in [4.78, 5) is 13.4. The molecule has 1 heterocycles. The molecule has 1 aliphatic rings. The highest BCUT2D eigenvalue weighted by atomic mass is 32.2. The molecule has 1 aromatic carbocycles. The number of carboxylic acids is 1. The van der Waals surface area contributed by atoms with Crippen LogP contribution in [0.15, 0.2) is 23.2 Å². The maximum Gasteiger partial charge on any atom is 0.300 e. The van der Waals surface area contributed by atoms with E-state index in [2.05, 4.69) is 4.99 Å². The lowest BCUT2D eigenvalue weighted by Crippen LogP contribution is -2.12. The summed E-state index contributed by atoms with van der Waals surface area (Å²) in [7, 11) is 1.64. The molecule has 1 aliphatic heterocycles. The zero-order valence-corrected chi connectivity index (χ0v) is 16.5. The number of rotatable bonds is 11. The van der Waals surface area contributed by atoms with Gasteiger partial charge in [0.25, 0.3) is 5.97 Å². The number of phenols is 1. The zero-order chi connectivity index (χ0) is 19.9. The number of carboxylic acid groups (broad SMARTS) is 1. The maximum atomic E-state index is 10.3. The van der Waals surface area contributed by atoms with E-state index in [-0.39, 0.29) is 5.75 Å². The van der Waals surface area contributed by atoms with E-state index in [1.165, 1.54) is 0 Å². The summed E-state index contributed by atoms with van der Waals surface area (Å²) in [6, 6.07) is 5.45. The molecular formula is C18H27NO7S. The quantitative estimate of drug-likeness (QED) is 0.543. The second-order valence-electron chi connectivity index (χ2n) is 5.27. The van der Waals surface area contributed by atoms with Gasteiger partial charge in [-0.15, -0.1) is 11.8 Å². The third-order valence-electron chi connectivity index (χ3n) is 3.10. The molecule has 0 spiro atoms. The van der Waals surface area contributed by atoms with Crippen LogP contribution in [0, 0.1) is 0 Å².